The molecule has 4 heteroatoms. The normalized spacial score (nSPS) is 18.4. The third kappa shape index (κ3) is 2.90. The second-order valence-corrected chi connectivity index (χ2v) is 1.65. The molecule has 0 bridgehead atoms. The van der Waals surface area contributed by atoms with Crippen molar-refractivity contribution in [2.45, 2.75) is 12.8 Å². The molecule has 54 valence electrons. The van der Waals surface area contributed by atoms with Crippen LogP contribution in [0.1, 0.15) is 12.8 Å². The summed E-state index contributed by atoms with van der Waals surface area (Å²) in [5, 5.41) is 0. The van der Waals surface area contributed by atoms with Gasteiger partial charge in [-0.05, 0) is 12.8 Å². The fourth-order valence-electron chi connectivity index (χ4n) is 0.557. The first-order chi connectivity index (χ1) is 3.89. The highest BCUT2D eigenvalue weighted by Crippen LogP contribution is 1.99. The fraction of sp³-hybridized carbons (Fsp3) is 0.800. The standard InChI is InChI=1S/C5H8O3.FH/c6-5-7-3-1-2-4-8-5;/h1-4H2;1H. The van der Waals surface area contributed by atoms with E-state index in [1.54, 1.807) is 0 Å². The minimum absolute atomic E-state index is 0. The van der Waals surface area contributed by atoms with E-state index in [4.69, 9.17) is 0 Å². The molecule has 9 heavy (non-hydrogen) atoms. The zero-order valence-corrected chi connectivity index (χ0v) is 4.96. The Kier molecular flexibility index (Phi) is 3.75. The van der Waals surface area contributed by atoms with Gasteiger partial charge in [0.1, 0.15) is 0 Å². The number of carbonyl (C=O) groups excluding carboxylic acids is 1. The molecule has 0 spiro atoms. The molecule has 3 nitrogen and oxygen atoms in total. The SMILES string of the molecule is F.O=C1OCCCCO1. The van der Waals surface area contributed by atoms with Crippen LogP contribution in [0.5, 0.6) is 0 Å². The van der Waals surface area contributed by atoms with Crippen LogP contribution in [0.25, 0.3) is 0 Å². The number of hydrogen-bond acceptors (Lipinski definition) is 3. The van der Waals surface area contributed by atoms with Crippen molar-refractivity contribution in [3.05, 3.63) is 0 Å². The number of halogens is 1. The van der Waals surface area contributed by atoms with Crippen molar-refractivity contribution in [3.63, 3.8) is 0 Å². The lowest BCUT2D eigenvalue weighted by molar-refractivity contribution is 0.0728. The summed E-state index contributed by atoms with van der Waals surface area (Å²) in [6.07, 6.45) is 1.32. The van der Waals surface area contributed by atoms with Gasteiger partial charge in [-0.25, -0.2) is 4.79 Å². The van der Waals surface area contributed by atoms with Gasteiger partial charge in [0.25, 0.3) is 0 Å². The molecule has 0 amide bonds. The van der Waals surface area contributed by atoms with E-state index in [9.17, 15) is 4.79 Å². The molecular formula is C5H9FO3. The topological polar surface area (TPSA) is 35.5 Å². The third-order valence-electron chi connectivity index (χ3n) is 0.979. The van der Waals surface area contributed by atoms with E-state index in [0.29, 0.717) is 13.2 Å². The van der Waals surface area contributed by atoms with Crippen molar-refractivity contribution in [2.24, 2.45) is 0 Å². The van der Waals surface area contributed by atoms with Gasteiger partial charge in [0, 0.05) is 0 Å². The van der Waals surface area contributed by atoms with Crippen LogP contribution < -0.4 is 0 Å². The summed E-state index contributed by atoms with van der Waals surface area (Å²) < 4.78 is 9.08. The van der Waals surface area contributed by atoms with Gasteiger partial charge in [-0.2, -0.15) is 0 Å². The summed E-state index contributed by atoms with van der Waals surface area (Å²) in [4.78, 5) is 10.2. The van der Waals surface area contributed by atoms with Crippen molar-refractivity contribution < 1.29 is 19.0 Å². The van der Waals surface area contributed by atoms with Gasteiger partial charge in [0.15, 0.2) is 0 Å². The van der Waals surface area contributed by atoms with E-state index in [1.807, 2.05) is 0 Å². The van der Waals surface area contributed by atoms with Crippen LogP contribution in [-0.4, -0.2) is 19.4 Å². The predicted octanol–water partition coefficient (Wildman–Crippen LogP) is 1.09. The first kappa shape index (κ1) is 8.20. The Bertz CT molecular complexity index is 84.2. The maximum absolute atomic E-state index is 10.2. The Labute approximate surface area is 52.3 Å². The van der Waals surface area contributed by atoms with Crippen molar-refractivity contribution in [2.75, 3.05) is 13.2 Å². The molecule has 0 radical (unpaired) electrons. The molecule has 1 rings (SSSR count). The average Bonchev–Trinajstić information content (AvgIpc) is 1.94. The van der Waals surface area contributed by atoms with Crippen LogP contribution in [0.3, 0.4) is 0 Å². The molecule has 0 atom stereocenters. The van der Waals surface area contributed by atoms with Gasteiger partial charge < -0.3 is 9.47 Å². The highest BCUT2D eigenvalue weighted by Gasteiger charge is 2.06. The van der Waals surface area contributed by atoms with E-state index in [2.05, 4.69) is 9.47 Å². The fourth-order valence-corrected chi connectivity index (χ4v) is 0.557. The number of cyclic esters (lactones) is 2. The van der Waals surface area contributed by atoms with Gasteiger partial charge in [0.2, 0.25) is 0 Å². The lowest BCUT2D eigenvalue weighted by Crippen LogP contribution is -2.02. The predicted molar refractivity (Wildman–Crippen MR) is 29.0 cm³/mol. The van der Waals surface area contributed by atoms with Crippen LogP contribution in [0.2, 0.25) is 0 Å². The summed E-state index contributed by atoms with van der Waals surface area (Å²) in [6, 6.07) is 0. The Morgan fingerprint density at radius 1 is 1.11 bits per heavy atom. The zero-order valence-electron chi connectivity index (χ0n) is 4.96. The Hall–Kier alpha value is -0.800. The second-order valence-electron chi connectivity index (χ2n) is 1.65. The molecule has 1 heterocycles. The minimum Gasteiger partial charge on any atom is -0.434 e. The second kappa shape index (κ2) is 4.12. The Morgan fingerprint density at radius 2 is 1.56 bits per heavy atom. The summed E-state index contributed by atoms with van der Waals surface area (Å²) in [5.74, 6) is 0. The van der Waals surface area contributed by atoms with E-state index in [1.165, 1.54) is 0 Å². The lowest BCUT2D eigenvalue weighted by atomic mass is 10.3. The summed E-state index contributed by atoms with van der Waals surface area (Å²) >= 11 is 0. The average molecular weight is 136 g/mol. The molecule has 0 aromatic heterocycles. The number of carbonyl (C=O) groups is 1. The van der Waals surface area contributed by atoms with Crippen molar-refractivity contribution in [3.8, 4) is 0 Å². The Balaban J connectivity index is 0.000000640. The molecule has 1 fully saturated rings. The first-order valence-corrected chi connectivity index (χ1v) is 2.69. The third-order valence-corrected chi connectivity index (χ3v) is 0.979. The molecule has 0 N–H and O–H groups in total. The molecule has 1 saturated heterocycles. The van der Waals surface area contributed by atoms with E-state index in [0.717, 1.165) is 12.8 Å². The van der Waals surface area contributed by atoms with Gasteiger partial charge in [-0.1, -0.05) is 0 Å². The molecule has 0 aromatic carbocycles. The Morgan fingerprint density at radius 3 is 2.00 bits per heavy atom. The smallest absolute Gasteiger partial charge is 0.434 e. The molecule has 1 aliphatic heterocycles. The van der Waals surface area contributed by atoms with Crippen LogP contribution in [0, 0.1) is 0 Å². The quantitative estimate of drug-likeness (QED) is 0.467. The van der Waals surface area contributed by atoms with E-state index in [-0.39, 0.29) is 4.70 Å². The molecule has 0 unspecified atom stereocenters. The van der Waals surface area contributed by atoms with Gasteiger partial charge in [-0.15, -0.1) is 0 Å². The molecular weight excluding hydrogens is 127 g/mol. The van der Waals surface area contributed by atoms with Crippen LogP contribution in [-0.2, 0) is 9.47 Å². The first-order valence-electron chi connectivity index (χ1n) is 2.69. The van der Waals surface area contributed by atoms with Crippen molar-refractivity contribution in [1.82, 2.24) is 0 Å². The van der Waals surface area contributed by atoms with Gasteiger partial charge in [-0.3, -0.25) is 4.70 Å². The highest BCUT2D eigenvalue weighted by molar-refractivity contribution is 5.59. The van der Waals surface area contributed by atoms with Gasteiger partial charge >= 0.3 is 6.16 Å². The highest BCUT2D eigenvalue weighted by atomic mass is 19.0. The van der Waals surface area contributed by atoms with Crippen molar-refractivity contribution in [1.29, 1.82) is 0 Å². The van der Waals surface area contributed by atoms with E-state index < -0.39 is 6.16 Å². The van der Waals surface area contributed by atoms with Crippen LogP contribution in [0.4, 0.5) is 9.50 Å². The monoisotopic (exact) mass is 136 g/mol. The molecule has 1 aliphatic rings. The largest absolute Gasteiger partial charge is 0.508 e. The van der Waals surface area contributed by atoms with Crippen molar-refractivity contribution >= 4 is 6.16 Å². The van der Waals surface area contributed by atoms with Crippen LogP contribution >= 0.6 is 0 Å². The molecule has 0 saturated carbocycles. The van der Waals surface area contributed by atoms with Crippen LogP contribution in [0.15, 0.2) is 0 Å². The summed E-state index contributed by atoms with van der Waals surface area (Å²) in [6.45, 7) is 1.03. The lowest BCUT2D eigenvalue weighted by Gasteiger charge is -1.94. The molecule has 0 aliphatic carbocycles. The zero-order chi connectivity index (χ0) is 5.82. The van der Waals surface area contributed by atoms with Gasteiger partial charge in [0.05, 0.1) is 13.2 Å². The summed E-state index contributed by atoms with van der Waals surface area (Å²) in [7, 11) is 0. The maximum atomic E-state index is 10.2. The minimum atomic E-state index is -0.525. The van der Waals surface area contributed by atoms with E-state index >= 15 is 0 Å². The maximum Gasteiger partial charge on any atom is 0.508 e. The number of hydrogen-bond donors (Lipinski definition) is 0. The molecule has 0 aromatic rings. The number of rotatable bonds is 0. The number of ether oxygens (including phenoxy) is 2. The summed E-state index contributed by atoms with van der Waals surface area (Å²) in [5.41, 5.74) is 0.